The van der Waals surface area contributed by atoms with E-state index in [4.69, 9.17) is 4.74 Å². The van der Waals surface area contributed by atoms with Crippen molar-refractivity contribution in [3.05, 3.63) is 0 Å². The number of esters is 1. The number of unbranched alkanes of at least 4 members (excludes halogenated alkanes) is 21. The maximum absolute atomic E-state index is 13.0. The van der Waals surface area contributed by atoms with Gasteiger partial charge in [-0.25, -0.2) is 0 Å². The van der Waals surface area contributed by atoms with Gasteiger partial charge in [-0.3, -0.25) is 4.79 Å². The van der Waals surface area contributed by atoms with Crippen molar-refractivity contribution in [3.8, 4) is 0 Å². The van der Waals surface area contributed by atoms with Crippen LogP contribution < -0.4 is 0 Å². The van der Waals surface area contributed by atoms with Gasteiger partial charge in [0.25, 0.3) is 0 Å². The van der Waals surface area contributed by atoms with Gasteiger partial charge in [0.2, 0.25) is 0 Å². The first-order valence-electron chi connectivity index (χ1n) is 16.9. The minimum Gasteiger partial charge on any atom is -0.462 e. The summed E-state index contributed by atoms with van der Waals surface area (Å²) < 4.78 is 5.91. The molecule has 36 heavy (non-hydrogen) atoms. The summed E-state index contributed by atoms with van der Waals surface area (Å²) in [4.78, 5) is 13.0. The van der Waals surface area contributed by atoms with E-state index in [9.17, 15) is 4.79 Å². The Balaban J connectivity index is 4.09. The van der Waals surface area contributed by atoms with Gasteiger partial charge >= 0.3 is 5.97 Å². The van der Waals surface area contributed by atoms with E-state index in [1.807, 2.05) is 0 Å². The second-order valence-corrected chi connectivity index (χ2v) is 11.7. The molecule has 0 radical (unpaired) electrons. The molecule has 0 aliphatic carbocycles. The highest BCUT2D eigenvalue weighted by Crippen LogP contribution is 2.22. The molecule has 0 rings (SSSR count). The van der Waals surface area contributed by atoms with Crippen LogP contribution in [0.25, 0.3) is 0 Å². The topological polar surface area (TPSA) is 26.3 Å². The largest absolute Gasteiger partial charge is 0.462 e. The Hall–Kier alpha value is -0.530. The SMILES string of the molecule is CCCCCCCCCCCCCCC(CCCCCCCCCCC)C(=O)OC(C)CCCCC. The fourth-order valence-electron chi connectivity index (χ4n) is 5.35. The number of hydrogen-bond acceptors (Lipinski definition) is 2. The lowest BCUT2D eigenvalue weighted by molar-refractivity contribution is -0.154. The van der Waals surface area contributed by atoms with Gasteiger partial charge < -0.3 is 4.74 Å². The van der Waals surface area contributed by atoms with Crippen LogP contribution in [0.1, 0.15) is 201 Å². The predicted molar refractivity (Wildman–Crippen MR) is 161 cm³/mol. The van der Waals surface area contributed by atoms with Crippen molar-refractivity contribution in [1.82, 2.24) is 0 Å². The molecular weight excluding hydrogens is 440 g/mol. The summed E-state index contributed by atoms with van der Waals surface area (Å²) in [5, 5.41) is 0. The second-order valence-electron chi connectivity index (χ2n) is 11.7. The predicted octanol–water partition coefficient (Wildman–Crippen LogP) is 12.1. The zero-order valence-corrected chi connectivity index (χ0v) is 25.6. The molecule has 0 saturated heterocycles. The molecule has 0 aromatic rings. The number of hydrogen-bond donors (Lipinski definition) is 0. The Morgan fingerprint density at radius 1 is 0.444 bits per heavy atom. The van der Waals surface area contributed by atoms with E-state index >= 15 is 0 Å². The third-order valence-electron chi connectivity index (χ3n) is 7.93. The third kappa shape index (κ3) is 25.1. The molecule has 2 atom stereocenters. The fraction of sp³-hybridized carbons (Fsp3) is 0.971. The lowest BCUT2D eigenvalue weighted by Crippen LogP contribution is -2.23. The van der Waals surface area contributed by atoms with Gasteiger partial charge in [-0.05, 0) is 32.6 Å². The van der Waals surface area contributed by atoms with E-state index in [1.54, 1.807) is 0 Å². The van der Waals surface area contributed by atoms with Crippen molar-refractivity contribution < 1.29 is 9.53 Å². The third-order valence-corrected chi connectivity index (χ3v) is 7.93. The Labute approximate surface area is 228 Å². The molecule has 0 N–H and O–H groups in total. The number of rotatable bonds is 29. The summed E-state index contributed by atoms with van der Waals surface area (Å²) in [6.45, 7) is 8.89. The number of carbonyl (C=O) groups excluding carboxylic acids is 1. The quantitative estimate of drug-likeness (QED) is 0.0741. The van der Waals surface area contributed by atoms with Crippen LogP contribution in [0.2, 0.25) is 0 Å². The van der Waals surface area contributed by atoms with Crippen molar-refractivity contribution in [2.75, 3.05) is 0 Å². The molecule has 0 saturated carbocycles. The molecule has 0 aromatic carbocycles. The maximum Gasteiger partial charge on any atom is 0.309 e. The van der Waals surface area contributed by atoms with E-state index < -0.39 is 0 Å². The van der Waals surface area contributed by atoms with Crippen molar-refractivity contribution in [3.63, 3.8) is 0 Å². The Bertz CT molecular complexity index is 433. The van der Waals surface area contributed by atoms with Crippen LogP contribution in [0.3, 0.4) is 0 Å². The normalized spacial score (nSPS) is 13.1. The molecule has 0 aliphatic rings. The zero-order valence-electron chi connectivity index (χ0n) is 25.6. The Morgan fingerprint density at radius 3 is 1.08 bits per heavy atom. The van der Waals surface area contributed by atoms with Crippen LogP contribution in [0.15, 0.2) is 0 Å². The van der Waals surface area contributed by atoms with Gasteiger partial charge in [-0.15, -0.1) is 0 Å². The van der Waals surface area contributed by atoms with Gasteiger partial charge in [0.05, 0.1) is 12.0 Å². The summed E-state index contributed by atoms with van der Waals surface area (Å²) in [5.41, 5.74) is 0. The molecule has 0 aliphatic heterocycles. The first kappa shape index (κ1) is 35.5. The van der Waals surface area contributed by atoms with E-state index in [-0.39, 0.29) is 18.0 Å². The highest BCUT2D eigenvalue weighted by Gasteiger charge is 2.21. The molecular formula is C34H68O2. The van der Waals surface area contributed by atoms with Crippen molar-refractivity contribution in [2.24, 2.45) is 5.92 Å². The van der Waals surface area contributed by atoms with E-state index in [0.29, 0.717) is 0 Å². The van der Waals surface area contributed by atoms with Crippen LogP contribution in [-0.4, -0.2) is 12.1 Å². The van der Waals surface area contributed by atoms with Crippen LogP contribution in [-0.2, 0) is 9.53 Å². The lowest BCUT2D eigenvalue weighted by atomic mass is 9.94. The minimum absolute atomic E-state index is 0.0802. The highest BCUT2D eigenvalue weighted by atomic mass is 16.5. The van der Waals surface area contributed by atoms with Crippen LogP contribution >= 0.6 is 0 Å². The summed E-state index contributed by atoms with van der Waals surface area (Å²) >= 11 is 0. The molecule has 0 fully saturated rings. The van der Waals surface area contributed by atoms with Crippen molar-refractivity contribution in [2.45, 2.75) is 207 Å². The first-order valence-corrected chi connectivity index (χ1v) is 16.9. The molecule has 0 amide bonds. The summed E-state index contributed by atoms with van der Waals surface area (Å²) in [7, 11) is 0. The zero-order chi connectivity index (χ0) is 26.5. The molecule has 2 unspecified atom stereocenters. The van der Waals surface area contributed by atoms with Gasteiger partial charge in [-0.1, -0.05) is 168 Å². The first-order chi connectivity index (χ1) is 17.7. The molecule has 0 bridgehead atoms. The van der Waals surface area contributed by atoms with E-state index in [2.05, 4.69) is 27.7 Å². The monoisotopic (exact) mass is 509 g/mol. The van der Waals surface area contributed by atoms with E-state index in [1.165, 1.54) is 154 Å². The number of carbonyl (C=O) groups is 1. The van der Waals surface area contributed by atoms with Crippen LogP contribution in [0, 0.1) is 5.92 Å². The Kier molecular flexibility index (Phi) is 28.6. The van der Waals surface area contributed by atoms with Crippen molar-refractivity contribution >= 4 is 5.97 Å². The van der Waals surface area contributed by atoms with Gasteiger partial charge in [0.1, 0.15) is 0 Å². The molecule has 0 aromatic heterocycles. The molecule has 0 spiro atoms. The molecule has 0 heterocycles. The molecule has 2 nitrogen and oxygen atoms in total. The van der Waals surface area contributed by atoms with Crippen LogP contribution in [0.4, 0.5) is 0 Å². The van der Waals surface area contributed by atoms with Gasteiger partial charge in [0, 0.05) is 0 Å². The average molecular weight is 509 g/mol. The average Bonchev–Trinajstić information content (AvgIpc) is 2.87. The fourth-order valence-corrected chi connectivity index (χ4v) is 5.35. The van der Waals surface area contributed by atoms with Crippen LogP contribution in [0.5, 0.6) is 0 Å². The second kappa shape index (κ2) is 29.0. The van der Waals surface area contributed by atoms with Gasteiger partial charge in [0.15, 0.2) is 0 Å². The van der Waals surface area contributed by atoms with Gasteiger partial charge in [-0.2, -0.15) is 0 Å². The smallest absolute Gasteiger partial charge is 0.309 e. The minimum atomic E-state index is 0.0802. The maximum atomic E-state index is 13.0. The molecule has 216 valence electrons. The summed E-state index contributed by atoms with van der Waals surface area (Å²) in [6.07, 6.45) is 35.3. The standard InChI is InChI=1S/C34H68O2/c1-5-8-11-13-15-17-18-19-21-23-25-28-31-33(34(35)36-32(4)29-26-10-7-3)30-27-24-22-20-16-14-12-9-6-2/h32-33H,5-31H2,1-4H3. The van der Waals surface area contributed by atoms with Crippen molar-refractivity contribution in [1.29, 1.82) is 0 Å². The molecule has 2 heteroatoms. The Morgan fingerprint density at radius 2 is 0.722 bits per heavy atom. The number of ether oxygens (including phenoxy) is 1. The summed E-state index contributed by atoms with van der Waals surface area (Å²) in [5.74, 6) is 0.230. The summed E-state index contributed by atoms with van der Waals surface area (Å²) in [6, 6.07) is 0. The highest BCUT2D eigenvalue weighted by molar-refractivity contribution is 5.72. The van der Waals surface area contributed by atoms with E-state index in [0.717, 1.165) is 19.3 Å². The lowest BCUT2D eigenvalue weighted by Gasteiger charge is -2.20.